The smallest absolute Gasteiger partial charge is 0.136 e. The molecular formula is C36H22O2. The lowest BCUT2D eigenvalue weighted by atomic mass is 9.84. The summed E-state index contributed by atoms with van der Waals surface area (Å²) in [5, 5.41) is 19.5. The molecule has 0 saturated carbocycles. The molecule has 0 saturated heterocycles. The summed E-state index contributed by atoms with van der Waals surface area (Å²) in [6.45, 7) is 0. The summed E-state index contributed by atoms with van der Waals surface area (Å²) in [6.07, 6.45) is 0. The number of para-hydroxylation sites is 1. The van der Waals surface area contributed by atoms with Crippen LogP contribution in [-0.2, 0) is 0 Å². The summed E-state index contributed by atoms with van der Waals surface area (Å²) in [6, 6.07) is 44.0. The van der Waals surface area contributed by atoms with Gasteiger partial charge in [0.15, 0.2) is 0 Å². The van der Waals surface area contributed by atoms with Gasteiger partial charge in [-0.25, -0.2) is 0 Å². The van der Waals surface area contributed by atoms with Gasteiger partial charge in [-0.2, -0.15) is 0 Å². The van der Waals surface area contributed by atoms with Gasteiger partial charge in [0, 0.05) is 10.8 Å². The molecule has 0 radical (unpaired) electrons. The highest BCUT2D eigenvalue weighted by Gasteiger charge is 2.20. The van der Waals surface area contributed by atoms with E-state index >= 15 is 0 Å². The van der Waals surface area contributed by atoms with Crippen LogP contribution in [0.4, 0.5) is 0 Å². The lowest BCUT2D eigenvalue weighted by Crippen LogP contribution is -1.92. The average molecular weight is 487 g/mol. The molecule has 0 atom stereocenters. The first-order valence-electron chi connectivity index (χ1n) is 12.8. The van der Waals surface area contributed by atoms with Gasteiger partial charge in [0.1, 0.15) is 16.9 Å². The van der Waals surface area contributed by atoms with Crippen LogP contribution in [0.2, 0.25) is 0 Å². The van der Waals surface area contributed by atoms with E-state index in [1.165, 1.54) is 38.2 Å². The Kier molecular flexibility index (Phi) is 4.41. The molecule has 0 unspecified atom stereocenters. The summed E-state index contributed by atoms with van der Waals surface area (Å²) in [4.78, 5) is 0. The SMILES string of the molecule is Oc1ccc2cccc(-c3c4ccccc4c(-c4cccc5oc6ccccc6c45)c4ccccc34)c2c1. The quantitative estimate of drug-likeness (QED) is 0.247. The van der Waals surface area contributed by atoms with Crippen LogP contribution in [0.5, 0.6) is 5.75 Å². The van der Waals surface area contributed by atoms with Crippen molar-refractivity contribution in [2.75, 3.05) is 0 Å². The van der Waals surface area contributed by atoms with Crippen LogP contribution < -0.4 is 0 Å². The number of furan rings is 1. The molecule has 1 aromatic heterocycles. The van der Waals surface area contributed by atoms with E-state index in [9.17, 15) is 5.11 Å². The van der Waals surface area contributed by atoms with Crippen molar-refractivity contribution in [2.45, 2.75) is 0 Å². The van der Waals surface area contributed by atoms with Crippen molar-refractivity contribution < 1.29 is 9.52 Å². The third kappa shape index (κ3) is 2.95. The standard InChI is InChI=1S/C36H22O2/c37-23-20-19-22-9-7-15-28(31(22)21-23)34-24-10-1-3-12-26(24)35(27-13-4-2-11-25(27)34)30-16-8-18-33-36(30)29-14-5-6-17-32(29)38-33/h1-21,37H. The van der Waals surface area contributed by atoms with Crippen LogP contribution in [0.15, 0.2) is 132 Å². The van der Waals surface area contributed by atoms with Gasteiger partial charge in [0.2, 0.25) is 0 Å². The van der Waals surface area contributed by atoms with Gasteiger partial charge in [-0.15, -0.1) is 0 Å². The molecule has 0 bridgehead atoms. The number of fused-ring (bicyclic) bond motifs is 6. The second-order valence-corrected chi connectivity index (χ2v) is 9.83. The lowest BCUT2D eigenvalue weighted by molar-refractivity contribution is 0.476. The van der Waals surface area contributed by atoms with Gasteiger partial charge in [-0.3, -0.25) is 0 Å². The minimum absolute atomic E-state index is 0.272. The minimum Gasteiger partial charge on any atom is -0.508 e. The van der Waals surface area contributed by atoms with E-state index in [0.717, 1.165) is 38.3 Å². The summed E-state index contributed by atoms with van der Waals surface area (Å²) in [5.41, 5.74) is 6.47. The first kappa shape index (κ1) is 21.0. The predicted molar refractivity (Wildman–Crippen MR) is 159 cm³/mol. The number of aromatic hydroxyl groups is 1. The third-order valence-electron chi connectivity index (χ3n) is 7.74. The molecule has 8 aromatic rings. The molecular weight excluding hydrogens is 464 g/mol. The molecule has 1 heterocycles. The van der Waals surface area contributed by atoms with Crippen LogP contribution in [0, 0.1) is 0 Å². The van der Waals surface area contributed by atoms with E-state index < -0.39 is 0 Å². The van der Waals surface area contributed by atoms with Crippen molar-refractivity contribution >= 4 is 54.3 Å². The molecule has 0 fully saturated rings. The first-order valence-corrected chi connectivity index (χ1v) is 12.8. The molecule has 7 aromatic carbocycles. The second-order valence-electron chi connectivity index (χ2n) is 9.83. The summed E-state index contributed by atoms with van der Waals surface area (Å²) >= 11 is 0. The normalized spacial score (nSPS) is 11.8. The van der Waals surface area contributed by atoms with Gasteiger partial charge in [0.25, 0.3) is 0 Å². The highest BCUT2D eigenvalue weighted by atomic mass is 16.3. The van der Waals surface area contributed by atoms with Crippen molar-refractivity contribution in [3.8, 4) is 28.0 Å². The zero-order valence-electron chi connectivity index (χ0n) is 20.5. The maximum atomic E-state index is 10.4. The highest BCUT2D eigenvalue weighted by Crippen LogP contribution is 2.47. The molecule has 0 aliphatic carbocycles. The number of benzene rings is 7. The maximum absolute atomic E-state index is 10.4. The zero-order valence-corrected chi connectivity index (χ0v) is 20.5. The number of phenolic OH excluding ortho intramolecular Hbond substituents is 1. The first-order chi connectivity index (χ1) is 18.8. The Morgan fingerprint density at radius 2 is 0.974 bits per heavy atom. The van der Waals surface area contributed by atoms with E-state index in [1.54, 1.807) is 6.07 Å². The molecule has 2 nitrogen and oxygen atoms in total. The molecule has 1 N–H and O–H groups in total. The molecule has 0 aliphatic heterocycles. The largest absolute Gasteiger partial charge is 0.508 e. The predicted octanol–water partition coefficient (Wildman–Crippen LogP) is 10.1. The van der Waals surface area contributed by atoms with Crippen molar-refractivity contribution in [3.63, 3.8) is 0 Å². The molecule has 2 heteroatoms. The third-order valence-corrected chi connectivity index (χ3v) is 7.74. The molecule has 0 aliphatic rings. The van der Waals surface area contributed by atoms with Gasteiger partial charge in [-0.05, 0) is 78.8 Å². The van der Waals surface area contributed by atoms with E-state index in [-0.39, 0.29) is 5.75 Å². The van der Waals surface area contributed by atoms with Crippen molar-refractivity contribution in [1.82, 2.24) is 0 Å². The second kappa shape index (κ2) is 7.96. The number of hydrogen-bond donors (Lipinski definition) is 1. The van der Waals surface area contributed by atoms with Crippen LogP contribution in [0.3, 0.4) is 0 Å². The molecule has 178 valence electrons. The fourth-order valence-electron chi connectivity index (χ4n) is 6.17. The highest BCUT2D eigenvalue weighted by molar-refractivity contribution is 6.26. The molecule has 38 heavy (non-hydrogen) atoms. The van der Waals surface area contributed by atoms with Crippen molar-refractivity contribution in [2.24, 2.45) is 0 Å². The Labute approximate surface area is 219 Å². The van der Waals surface area contributed by atoms with E-state index in [4.69, 9.17) is 4.42 Å². The van der Waals surface area contributed by atoms with Crippen LogP contribution in [-0.4, -0.2) is 5.11 Å². The van der Waals surface area contributed by atoms with Gasteiger partial charge in [0.05, 0.1) is 0 Å². The fraction of sp³-hybridized carbons (Fsp3) is 0. The summed E-state index contributed by atoms with van der Waals surface area (Å²) < 4.78 is 6.27. The lowest BCUT2D eigenvalue weighted by Gasteiger charge is -2.19. The zero-order chi connectivity index (χ0) is 25.2. The van der Waals surface area contributed by atoms with Gasteiger partial charge in [-0.1, -0.05) is 103 Å². The number of hydrogen-bond acceptors (Lipinski definition) is 2. The maximum Gasteiger partial charge on any atom is 0.136 e. The summed E-state index contributed by atoms with van der Waals surface area (Å²) in [7, 11) is 0. The van der Waals surface area contributed by atoms with Crippen molar-refractivity contribution in [1.29, 1.82) is 0 Å². The molecule has 0 spiro atoms. The Morgan fingerprint density at radius 3 is 1.68 bits per heavy atom. The van der Waals surface area contributed by atoms with E-state index in [2.05, 4.69) is 97.1 Å². The molecule has 8 rings (SSSR count). The topological polar surface area (TPSA) is 33.4 Å². The Hall–Kier alpha value is -5.08. The van der Waals surface area contributed by atoms with Crippen LogP contribution in [0.1, 0.15) is 0 Å². The minimum atomic E-state index is 0.272. The van der Waals surface area contributed by atoms with E-state index in [1.807, 2.05) is 24.3 Å². The van der Waals surface area contributed by atoms with Crippen molar-refractivity contribution in [3.05, 3.63) is 127 Å². The Morgan fingerprint density at radius 1 is 0.421 bits per heavy atom. The monoisotopic (exact) mass is 486 g/mol. The van der Waals surface area contributed by atoms with Gasteiger partial charge >= 0.3 is 0 Å². The Balaban J connectivity index is 1.58. The fourth-order valence-corrected chi connectivity index (χ4v) is 6.17. The molecule has 0 amide bonds. The number of rotatable bonds is 2. The van der Waals surface area contributed by atoms with E-state index in [0.29, 0.717) is 0 Å². The van der Waals surface area contributed by atoms with Crippen LogP contribution >= 0.6 is 0 Å². The number of phenols is 1. The Bertz CT molecular complexity index is 2140. The summed E-state index contributed by atoms with van der Waals surface area (Å²) in [5.74, 6) is 0.272. The van der Waals surface area contributed by atoms with Crippen LogP contribution in [0.25, 0.3) is 76.5 Å². The van der Waals surface area contributed by atoms with Gasteiger partial charge < -0.3 is 9.52 Å². The average Bonchev–Trinajstić information content (AvgIpc) is 3.35.